The van der Waals surface area contributed by atoms with Crippen molar-refractivity contribution in [2.45, 2.75) is 19.3 Å². The quantitative estimate of drug-likeness (QED) is 0.375. The molecule has 0 aliphatic carbocycles. The van der Waals surface area contributed by atoms with Gasteiger partial charge in [0.15, 0.2) is 0 Å². The average Bonchev–Trinajstić information content (AvgIpc) is 2.70. The molecule has 4 rings (SSSR count). The monoisotopic (exact) mass is 348 g/mol. The van der Waals surface area contributed by atoms with Crippen LogP contribution in [0.15, 0.2) is 109 Å². The van der Waals surface area contributed by atoms with Crippen molar-refractivity contribution in [1.82, 2.24) is 0 Å². The first-order valence-corrected chi connectivity index (χ1v) is 9.59. The Hall–Kier alpha value is -3.12. The number of hydrogen-bond donors (Lipinski definition) is 0. The van der Waals surface area contributed by atoms with Crippen LogP contribution in [-0.2, 0) is 19.3 Å². The van der Waals surface area contributed by atoms with Gasteiger partial charge in [-0.3, -0.25) is 0 Å². The van der Waals surface area contributed by atoms with E-state index in [9.17, 15) is 0 Å². The van der Waals surface area contributed by atoms with Crippen LogP contribution in [-0.4, -0.2) is 0 Å². The number of benzene rings is 4. The molecular weight excluding hydrogens is 324 g/mol. The lowest BCUT2D eigenvalue weighted by Crippen LogP contribution is -1.94. The highest BCUT2D eigenvalue weighted by Crippen LogP contribution is 2.17. The van der Waals surface area contributed by atoms with E-state index in [1.54, 1.807) is 0 Å². The second-order valence-corrected chi connectivity index (χ2v) is 7.14. The molecule has 0 N–H and O–H groups in total. The van der Waals surface area contributed by atoms with Crippen LogP contribution >= 0.6 is 0 Å². The fraction of sp³-hybridized carbons (Fsp3) is 0.111. The molecule has 4 aromatic carbocycles. The Morgan fingerprint density at radius 3 is 0.963 bits per heavy atom. The normalized spacial score (nSPS) is 10.7. The molecule has 0 nitrogen and oxygen atoms in total. The molecule has 0 aromatic heterocycles. The van der Waals surface area contributed by atoms with Gasteiger partial charge in [0.25, 0.3) is 0 Å². The summed E-state index contributed by atoms with van der Waals surface area (Å²) in [6.45, 7) is 0. The van der Waals surface area contributed by atoms with Gasteiger partial charge in [-0.15, -0.1) is 0 Å². The van der Waals surface area contributed by atoms with Crippen LogP contribution in [0, 0.1) is 0 Å². The Morgan fingerprint density at radius 1 is 0.296 bits per heavy atom. The van der Waals surface area contributed by atoms with Crippen molar-refractivity contribution in [1.29, 1.82) is 0 Å². The molecule has 0 fully saturated rings. The molecule has 0 saturated heterocycles. The first-order chi connectivity index (χ1) is 13.3. The summed E-state index contributed by atoms with van der Waals surface area (Å²) < 4.78 is 0. The molecule has 0 bridgehead atoms. The van der Waals surface area contributed by atoms with Gasteiger partial charge in [0.05, 0.1) is 0 Å². The summed E-state index contributed by atoms with van der Waals surface area (Å²) >= 11 is 0. The molecule has 27 heavy (non-hydrogen) atoms. The maximum atomic E-state index is 2.34. The Labute approximate surface area is 162 Å². The Kier molecular flexibility index (Phi) is 5.45. The van der Waals surface area contributed by atoms with Crippen molar-refractivity contribution in [2.75, 3.05) is 0 Å². The van der Waals surface area contributed by atoms with Crippen molar-refractivity contribution in [2.24, 2.45) is 0 Å². The molecule has 132 valence electrons. The fourth-order valence-electron chi connectivity index (χ4n) is 3.60. The molecule has 0 unspecified atom stereocenters. The summed E-state index contributed by atoms with van der Waals surface area (Å²) in [7, 11) is 0. The van der Waals surface area contributed by atoms with Crippen molar-refractivity contribution in [3.63, 3.8) is 0 Å². The van der Waals surface area contributed by atoms with Gasteiger partial charge >= 0.3 is 0 Å². The van der Waals surface area contributed by atoms with E-state index in [1.807, 2.05) is 0 Å². The molecule has 0 radical (unpaired) electrons. The average molecular weight is 348 g/mol. The molecule has 4 aromatic rings. The smallest absolute Gasteiger partial charge is 0.00256 e. The lowest BCUT2D eigenvalue weighted by atomic mass is 9.97. The van der Waals surface area contributed by atoms with Crippen LogP contribution in [0.2, 0.25) is 0 Å². The zero-order valence-corrected chi connectivity index (χ0v) is 15.5. The fourth-order valence-corrected chi connectivity index (χ4v) is 3.60. The van der Waals surface area contributed by atoms with E-state index in [0.29, 0.717) is 0 Å². The highest BCUT2D eigenvalue weighted by atomic mass is 14.1. The van der Waals surface area contributed by atoms with Crippen molar-refractivity contribution in [3.8, 4) is 0 Å². The Bertz CT molecular complexity index is 901. The molecule has 0 heteroatoms. The number of rotatable bonds is 6. The molecule has 0 amide bonds. The minimum Gasteiger partial charge on any atom is -0.0622 e. The van der Waals surface area contributed by atoms with Crippen LogP contribution in [0.5, 0.6) is 0 Å². The zero-order valence-electron chi connectivity index (χ0n) is 15.5. The van der Waals surface area contributed by atoms with E-state index in [2.05, 4.69) is 109 Å². The van der Waals surface area contributed by atoms with Crippen molar-refractivity contribution in [3.05, 3.63) is 143 Å². The summed E-state index contributed by atoms with van der Waals surface area (Å²) in [6.07, 6.45) is 2.96. The molecule has 0 heterocycles. The SMILES string of the molecule is c1ccc(Cc2cccc(Cc3cccc(Cc4ccccc4)c3)c2)cc1. The summed E-state index contributed by atoms with van der Waals surface area (Å²) in [5, 5.41) is 0. The third-order valence-electron chi connectivity index (χ3n) is 4.89. The molecule has 0 saturated carbocycles. The molecule has 0 spiro atoms. The van der Waals surface area contributed by atoms with Crippen LogP contribution < -0.4 is 0 Å². The minimum absolute atomic E-state index is 0.977. The Morgan fingerprint density at radius 2 is 0.593 bits per heavy atom. The number of hydrogen-bond acceptors (Lipinski definition) is 0. The van der Waals surface area contributed by atoms with E-state index >= 15 is 0 Å². The summed E-state index contributed by atoms with van der Waals surface area (Å²) in [4.78, 5) is 0. The van der Waals surface area contributed by atoms with Crippen LogP contribution in [0.25, 0.3) is 0 Å². The molecule has 0 atom stereocenters. The minimum atomic E-state index is 0.977. The van der Waals surface area contributed by atoms with E-state index in [-0.39, 0.29) is 0 Å². The largest absolute Gasteiger partial charge is 0.0622 e. The highest BCUT2D eigenvalue weighted by Gasteiger charge is 2.02. The highest BCUT2D eigenvalue weighted by molar-refractivity contribution is 5.35. The van der Waals surface area contributed by atoms with Gasteiger partial charge in [-0.2, -0.15) is 0 Å². The second-order valence-electron chi connectivity index (χ2n) is 7.14. The van der Waals surface area contributed by atoms with Gasteiger partial charge in [-0.05, 0) is 52.6 Å². The van der Waals surface area contributed by atoms with E-state index in [1.165, 1.54) is 33.4 Å². The van der Waals surface area contributed by atoms with Gasteiger partial charge in [0, 0.05) is 0 Å². The van der Waals surface area contributed by atoms with Crippen LogP contribution in [0.1, 0.15) is 33.4 Å². The third kappa shape index (κ3) is 4.95. The third-order valence-corrected chi connectivity index (χ3v) is 4.89. The van der Waals surface area contributed by atoms with Gasteiger partial charge < -0.3 is 0 Å². The lowest BCUT2D eigenvalue weighted by Gasteiger charge is -2.08. The van der Waals surface area contributed by atoms with Gasteiger partial charge in [-0.1, -0.05) is 109 Å². The van der Waals surface area contributed by atoms with Gasteiger partial charge in [0.2, 0.25) is 0 Å². The summed E-state index contributed by atoms with van der Waals surface area (Å²) in [5.41, 5.74) is 8.22. The first-order valence-electron chi connectivity index (χ1n) is 9.59. The molecule has 0 aliphatic rings. The summed E-state index contributed by atoms with van der Waals surface area (Å²) in [6, 6.07) is 39.3. The topological polar surface area (TPSA) is 0 Å². The second kappa shape index (κ2) is 8.51. The van der Waals surface area contributed by atoms with E-state index in [0.717, 1.165) is 19.3 Å². The predicted molar refractivity (Wildman–Crippen MR) is 114 cm³/mol. The molecular formula is C27H24. The van der Waals surface area contributed by atoms with Gasteiger partial charge in [0.1, 0.15) is 0 Å². The Balaban J connectivity index is 1.47. The molecule has 0 aliphatic heterocycles. The van der Waals surface area contributed by atoms with Crippen molar-refractivity contribution >= 4 is 0 Å². The van der Waals surface area contributed by atoms with E-state index < -0.39 is 0 Å². The van der Waals surface area contributed by atoms with E-state index in [4.69, 9.17) is 0 Å². The predicted octanol–water partition coefficient (Wildman–Crippen LogP) is 6.46. The summed E-state index contributed by atoms with van der Waals surface area (Å²) in [5.74, 6) is 0. The maximum absolute atomic E-state index is 2.34. The standard InChI is InChI=1S/C27H24/c1-3-9-22(10-4-1)17-24-13-7-15-26(19-24)21-27-16-8-14-25(20-27)18-23-11-5-2-6-12-23/h1-16,19-20H,17-18,21H2. The first kappa shape index (κ1) is 17.3. The zero-order chi connectivity index (χ0) is 18.3. The maximum Gasteiger partial charge on any atom is -0.00256 e. The van der Waals surface area contributed by atoms with Gasteiger partial charge in [-0.25, -0.2) is 0 Å². The lowest BCUT2D eigenvalue weighted by molar-refractivity contribution is 1.12. The van der Waals surface area contributed by atoms with Crippen LogP contribution in [0.4, 0.5) is 0 Å². The van der Waals surface area contributed by atoms with Crippen molar-refractivity contribution < 1.29 is 0 Å². The van der Waals surface area contributed by atoms with Crippen LogP contribution in [0.3, 0.4) is 0 Å².